The number of pyridine rings is 1. The number of ether oxygens (including phenoxy) is 1. The second-order valence-corrected chi connectivity index (χ2v) is 5.63. The number of hydrogen-bond donors (Lipinski definition) is 1. The molecule has 3 aromatic rings. The third-order valence-electron chi connectivity index (χ3n) is 3.38. The van der Waals surface area contributed by atoms with Crippen LogP contribution in [0.1, 0.15) is 16.5 Å². The quantitative estimate of drug-likeness (QED) is 0.797. The van der Waals surface area contributed by atoms with E-state index in [9.17, 15) is 0 Å². The highest BCUT2D eigenvalue weighted by Crippen LogP contribution is 2.29. The molecule has 102 valence electrons. The molecule has 0 aliphatic carbocycles. The largest absolute Gasteiger partial charge is 0.496 e. The van der Waals surface area contributed by atoms with E-state index in [4.69, 9.17) is 10.5 Å². The van der Waals surface area contributed by atoms with Crippen molar-refractivity contribution >= 4 is 22.2 Å². The summed E-state index contributed by atoms with van der Waals surface area (Å²) in [6.07, 6.45) is 2.64. The Morgan fingerprint density at radius 1 is 1.30 bits per heavy atom. The Bertz CT molecular complexity index is 718. The van der Waals surface area contributed by atoms with E-state index >= 15 is 0 Å². The second kappa shape index (κ2) is 5.61. The summed E-state index contributed by atoms with van der Waals surface area (Å²) in [6, 6.07) is 12.2. The highest BCUT2D eigenvalue weighted by molar-refractivity contribution is 7.10. The van der Waals surface area contributed by atoms with Crippen LogP contribution in [0.25, 0.3) is 10.9 Å². The van der Waals surface area contributed by atoms with Gasteiger partial charge in [0.05, 0.1) is 12.6 Å². The van der Waals surface area contributed by atoms with Gasteiger partial charge in [0, 0.05) is 27.9 Å². The number of rotatable bonds is 4. The van der Waals surface area contributed by atoms with Crippen LogP contribution >= 0.6 is 11.3 Å². The third-order valence-corrected chi connectivity index (χ3v) is 4.42. The van der Waals surface area contributed by atoms with Gasteiger partial charge in [-0.15, -0.1) is 11.3 Å². The number of nitrogens with zero attached hydrogens (tertiary/aromatic N) is 1. The number of aromatic nitrogens is 1. The first-order valence-corrected chi connectivity index (χ1v) is 7.36. The van der Waals surface area contributed by atoms with Crippen molar-refractivity contribution in [3.05, 3.63) is 58.4 Å². The van der Waals surface area contributed by atoms with Crippen molar-refractivity contribution in [2.45, 2.75) is 12.5 Å². The molecule has 0 aliphatic rings. The standard InChI is InChI=1S/C16H16N2OS/c1-19-12-9-16(20-10-12)14(17)8-11-6-7-18-15-5-3-2-4-13(11)15/h2-7,9-10,14H,8,17H2,1H3. The molecular weight excluding hydrogens is 268 g/mol. The average molecular weight is 284 g/mol. The first-order valence-electron chi connectivity index (χ1n) is 6.48. The Morgan fingerprint density at radius 2 is 2.15 bits per heavy atom. The fraction of sp³-hybridized carbons (Fsp3) is 0.188. The molecule has 1 unspecified atom stereocenters. The molecule has 0 aliphatic heterocycles. The number of methoxy groups -OCH3 is 1. The van der Waals surface area contributed by atoms with Gasteiger partial charge in [-0.3, -0.25) is 4.98 Å². The molecule has 0 amide bonds. The van der Waals surface area contributed by atoms with E-state index in [2.05, 4.69) is 11.1 Å². The van der Waals surface area contributed by atoms with Gasteiger partial charge in [0.1, 0.15) is 5.75 Å². The minimum absolute atomic E-state index is 0.0188. The Hall–Kier alpha value is -1.91. The minimum Gasteiger partial charge on any atom is -0.496 e. The first kappa shape index (κ1) is 13.1. The Balaban J connectivity index is 1.89. The van der Waals surface area contributed by atoms with Crippen LogP contribution in [0.4, 0.5) is 0 Å². The molecule has 4 heteroatoms. The number of hydrogen-bond acceptors (Lipinski definition) is 4. The lowest BCUT2D eigenvalue weighted by molar-refractivity contribution is 0.416. The highest BCUT2D eigenvalue weighted by atomic mass is 32.1. The number of benzene rings is 1. The maximum atomic E-state index is 6.32. The highest BCUT2D eigenvalue weighted by Gasteiger charge is 2.12. The van der Waals surface area contributed by atoms with E-state index in [1.807, 2.05) is 41.9 Å². The van der Waals surface area contributed by atoms with E-state index < -0.39 is 0 Å². The van der Waals surface area contributed by atoms with Gasteiger partial charge >= 0.3 is 0 Å². The van der Waals surface area contributed by atoms with E-state index in [-0.39, 0.29) is 6.04 Å². The molecule has 1 atom stereocenters. The van der Waals surface area contributed by atoms with Crippen molar-refractivity contribution in [1.29, 1.82) is 0 Å². The van der Waals surface area contributed by atoms with Gasteiger partial charge in [0.25, 0.3) is 0 Å². The fourth-order valence-electron chi connectivity index (χ4n) is 2.31. The summed E-state index contributed by atoms with van der Waals surface area (Å²) in [4.78, 5) is 5.52. The molecule has 0 bridgehead atoms. The Labute approximate surface area is 122 Å². The molecular formula is C16H16N2OS. The van der Waals surface area contributed by atoms with E-state index in [1.54, 1.807) is 18.4 Å². The zero-order chi connectivity index (χ0) is 13.9. The van der Waals surface area contributed by atoms with Crippen LogP contribution in [-0.2, 0) is 6.42 Å². The van der Waals surface area contributed by atoms with Crippen molar-refractivity contribution in [3.63, 3.8) is 0 Å². The molecule has 3 rings (SSSR count). The summed E-state index contributed by atoms with van der Waals surface area (Å²) in [6.45, 7) is 0. The molecule has 3 nitrogen and oxygen atoms in total. The van der Waals surface area contributed by atoms with Crippen LogP contribution < -0.4 is 10.5 Å². The number of nitrogens with two attached hydrogens (primary N) is 1. The second-order valence-electron chi connectivity index (χ2n) is 4.69. The maximum Gasteiger partial charge on any atom is 0.129 e. The van der Waals surface area contributed by atoms with Crippen LogP contribution in [-0.4, -0.2) is 12.1 Å². The van der Waals surface area contributed by atoms with Crippen LogP contribution in [0, 0.1) is 0 Å². The van der Waals surface area contributed by atoms with Gasteiger partial charge in [-0.2, -0.15) is 0 Å². The summed E-state index contributed by atoms with van der Waals surface area (Å²) in [7, 11) is 1.67. The number of thiophene rings is 1. The normalized spacial score (nSPS) is 12.5. The zero-order valence-electron chi connectivity index (χ0n) is 11.2. The monoisotopic (exact) mass is 284 g/mol. The first-order chi connectivity index (χ1) is 9.78. The maximum absolute atomic E-state index is 6.32. The fourth-order valence-corrected chi connectivity index (χ4v) is 3.17. The van der Waals surface area contributed by atoms with Gasteiger partial charge in [-0.05, 0) is 30.2 Å². The van der Waals surface area contributed by atoms with E-state index in [0.717, 1.165) is 22.6 Å². The minimum atomic E-state index is -0.0188. The van der Waals surface area contributed by atoms with E-state index in [1.165, 1.54) is 10.9 Å². The van der Waals surface area contributed by atoms with Gasteiger partial charge in [0.15, 0.2) is 0 Å². The van der Waals surface area contributed by atoms with Gasteiger partial charge in [-0.25, -0.2) is 0 Å². The smallest absolute Gasteiger partial charge is 0.129 e. The lowest BCUT2D eigenvalue weighted by atomic mass is 10.0. The van der Waals surface area contributed by atoms with Crippen molar-refractivity contribution in [3.8, 4) is 5.75 Å². The molecule has 0 saturated carbocycles. The van der Waals surface area contributed by atoms with Crippen molar-refractivity contribution in [2.75, 3.05) is 7.11 Å². The van der Waals surface area contributed by atoms with Crippen molar-refractivity contribution in [1.82, 2.24) is 4.98 Å². The Kier molecular flexibility index (Phi) is 3.67. The number of fused-ring (bicyclic) bond motifs is 1. The molecule has 0 radical (unpaired) electrons. The SMILES string of the molecule is COc1csc(C(N)Cc2ccnc3ccccc23)c1. The van der Waals surface area contributed by atoms with Crippen LogP contribution in [0.2, 0.25) is 0 Å². The van der Waals surface area contributed by atoms with Gasteiger partial charge in [-0.1, -0.05) is 18.2 Å². The third kappa shape index (κ3) is 2.53. The lowest BCUT2D eigenvalue weighted by Crippen LogP contribution is -2.12. The summed E-state index contributed by atoms with van der Waals surface area (Å²) < 4.78 is 5.21. The predicted molar refractivity (Wildman–Crippen MR) is 83.2 cm³/mol. The lowest BCUT2D eigenvalue weighted by Gasteiger charge is -2.11. The summed E-state index contributed by atoms with van der Waals surface area (Å²) in [5.74, 6) is 0.875. The molecule has 2 heterocycles. The Morgan fingerprint density at radius 3 is 2.95 bits per heavy atom. The molecule has 1 aromatic carbocycles. The molecule has 2 aromatic heterocycles. The van der Waals surface area contributed by atoms with E-state index in [0.29, 0.717) is 0 Å². The zero-order valence-corrected chi connectivity index (χ0v) is 12.1. The summed E-state index contributed by atoms with van der Waals surface area (Å²) in [5, 5.41) is 3.16. The molecule has 0 fully saturated rings. The van der Waals surface area contributed by atoms with Crippen LogP contribution in [0.3, 0.4) is 0 Å². The average Bonchev–Trinajstić information content (AvgIpc) is 2.97. The van der Waals surface area contributed by atoms with Crippen molar-refractivity contribution < 1.29 is 4.74 Å². The predicted octanol–water partition coefficient (Wildman–Crippen LogP) is 3.55. The van der Waals surface area contributed by atoms with Gasteiger partial charge in [0.2, 0.25) is 0 Å². The molecule has 0 spiro atoms. The molecule has 0 saturated heterocycles. The summed E-state index contributed by atoms with van der Waals surface area (Å²) >= 11 is 1.64. The van der Waals surface area contributed by atoms with Gasteiger partial charge < -0.3 is 10.5 Å². The topological polar surface area (TPSA) is 48.1 Å². The summed E-state index contributed by atoms with van der Waals surface area (Å²) in [5.41, 5.74) is 8.57. The van der Waals surface area contributed by atoms with Crippen LogP contribution in [0.15, 0.2) is 48.0 Å². The van der Waals surface area contributed by atoms with Crippen LogP contribution in [0.5, 0.6) is 5.75 Å². The molecule has 20 heavy (non-hydrogen) atoms. The number of para-hydroxylation sites is 1. The van der Waals surface area contributed by atoms with Crippen molar-refractivity contribution in [2.24, 2.45) is 5.73 Å². The molecule has 2 N–H and O–H groups in total.